The summed E-state index contributed by atoms with van der Waals surface area (Å²) in [5, 5.41) is 4.18. The second-order valence-corrected chi connectivity index (χ2v) is 7.65. The minimum absolute atomic E-state index is 0.124. The highest BCUT2D eigenvalue weighted by Gasteiger charge is 2.25. The van der Waals surface area contributed by atoms with Gasteiger partial charge in [0, 0.05) is 37.7 Å². The molecule has 0 N–H and O–H groups in total. The van der Waals surface area contributed by atoms with Crippen molar-refractivity contribution in [3.8, 4) is 0 Å². The van der Waals surface area contributed by atoms with Gasteiger partial charge in [-0.1, -0.05) is 37.1 Å². The molecule has 6 nitrogen and oxygen atoms in total. The minimum Gasteiger partial charge on any atom is -0.338 e. The third-order valence-electron chi connectivity index (χ3n) is 5.83. The molecule has 2 aliphatic rings. The second kappa shape index (κ2) is 8.21. The Hall–Kier alpha value is -2.21. The van der Waals surface area contributed by atoms with Gasteiger partial charge in [0.05, 0.1) is 6.54 Å². The van der Waals surface area contributed by atoms with Crippen LogP contribution in [0.2, 0.25) is 0 Å². The van der Waals surface area contributed by atoms with Crippen molar-refractivity contribution in [2.24, 2.45) is 0 Å². The Balaban J connectivity index is 1.29. The zero-order valence-electron chi connectivity index (χ0n) is 16.1. The van der Waals surface area contributed by atoms with Gasteiger partial charge in [-0.15, -0.1) is 0 Å². The fourth-order valence-electron chi connectivity index (χ4n) is 4.05. The van der Waals surface area contributed by atoms with Gasteiger partial charge in [0.15, 0.2) is 5.82 Å². The van der Waals surface area contributed by atoms with Gasteiger partial charge in [-0.25, -0.2) is 0 Å². The summed E-state index contributed by atoms with van der Waals surface area (Å²) in [6, 6.07) is 7.97. The van der Waals surface area contributed by atoms with Crippen LogP contribution in [0.5, 0.6) is 0 Å². The third-order valence-corrected chi connectivity index (χ3v) is 5.83. The number of carbonyl (C=O) groups excluding carboxylic acids is 1. The normalized spacial score (nSPS) is 18.9. The summed E-state index contributed by atoms with van der Waals surface area (Å²) >= 11 is 0. The van der Waals surface area contributed by atoms with Crippen LogP contribution in [-0.2, 0) is 13.0 Å². The van der Waals surface area contributed by atoms with Crippen LogP contribution in [0, 0.1) is 0 Å². The van der Waals surface area contributed by atoms with E-state index in [2.05, 4.69) is 22.0 Å². The maximum Gasteiger partial charge on any atom is 0.253 e. The average molecular weight is 368 g/mol. The van der Waals surface area contributed by atoms with Gasteiger partial charge >= 0.3 is 0 Å². The molecule has 0 radical (unpaired) electrons. The van der Waals surface area contributed by atoms with Crippen molar-refractivity contribution < 1.29 is 9.32 Å². The van der Waals surface area contributed by atoms with E-state index in [1.54, 1.807) is 0 Å². The Labute approximate surface area is 160 Å². The smallest absolute Gasteiger partial charge is 0.253 e. The van der Waals surface area contributed by atoms with Crippen molar-refractivity contribution in [2.45, 2.75) is 51.5 Å². The molecule has 4 rings (SSSR count). The molecular weight excluding hydrogens is 340 g/mol. The van der Waals surface area contributed by atoms with Gasteiger partial charge in [-0.05, 0) is 37.0 Å². The number of piperazine rings is 1. The number of benzene rings is 1. The predicted molar refractivity (Wildman–Crippen MR) is 103 cm³/mol. The number of amides is 1. The van der Waals surface area contributed by atoms with Crippen LogP contribution in [-0.4, -0.2) is 52.0 Å². The van der Waals surface area contributed by atoms with Crippen LogP contribution < -0.4 is 0 Å². The zero-order chi connectivity index (χ0) is 18.6. The maximum atomic E-state index is 12.7. The van der Waals surface area contributed by atoms with Crippen molar-refractivity contribution in [1.82, 2.24) is 19.9 Å². The molecule has 0 unspecified atom stereocenters. The van der Waals surface area contributed by atoms with E-state index in [0.29, 0.717) is 18.4 Å². The van der Waals surface area contributed by atoms with Crippen LogP contribution in [0.4, 0.5) is 0 Å². The lowest BCUT2D eigenvalue weighted by Crippen LogP contribution is -2.48. The summed E-state index contributed by atoms with van der Waals surface area (Å²) in [5.74, 6) is 2.19. The summed E-state index contributed by atoms with van der Waals surface area (Å²) < 4.78 is 5.46. The van der Waals surface area contributed by atoms with Gasteiger partial charge in [-0.2, -0.15) is 4.98 Å². The molecule has 0 bridgehead atoms. The van der Waals surface area contributed by atoms with Crippen LogP contribution in [0.3, 0.4) is 0 Å². The Morgan fingerprint density at radius 1 is 1.11 bits per heavy atom. The van der Waals surface area contributed by atoms with Gasteiger partial charge in [0.2, 0.25) is 5.89 Å². The molecule has 0 atom stereocenters. The molecule has 1 aliphatic heterocycles. The number of hydrogen-bond donors (Lipinski definition) is 0. The van der Waals surface area contributed by atoms with Crippen molar-refractivity contribution in [3.63, 3.8) is 0 Å². The largest absolute Gasteiger partial charge is 0.338 e. The highest BCUT2D eigenvalue weighted by molar-refractivity contribution is 5.94. The van der Waals surface area contributed by atoms with Crippen LogP contribution in [0.1, 0.15) is 66.2 Å². The summed E-state index contributed by atoms with van der Waals surface area (Å²) in [6.07, 6.45) is 5.89. The molecule has 144 valence electrons. The van der Waals surface area contributed by atoms with Crippen LogP contribution in [0.25, 0.3) is 0 Å². The van der Waals surface area contributed by atoms with Crippen LogP contribution in [0.15, 0.2) is 28.8 Å². The summed E-state index contributed by atoms with van der Waals surface area (Å²) in [6.45, 7) is 5.93. The molecule has 6 heteroatoms. The minimum atomic E-state index is 0.124. The van der Waals surface area contributed by atoms with E-state index in [4.69, 9.17) is 4.52 Å². The lowest BCUT2D eigenvalue weighted by Gasteiger charge is -2.34. The molecule has 1 saturated heterocycles. The quantitative estimate of drug-likeness (QED) is 0.811. The Kier molecular flexibility index (Phi) is 5.53. The van der Waals surface area contributed by atoms with E-state index < -0.39 is 0 Å². The number of hydrogen-bond acceptors (Lipinski definition) is 5. The first-order valence-corrected chi connectivity index (χ1v) is 10.2. The number of carbonyl (C=O) groups is 1. The van der Waals surface area contributed by atoms with Gasteiger partial charge < -0.3 is 9.42 Å². The lowest BCUT2D eigenvalue weighted by atomic mass is 10.1. The van der Waals surface area contributed by atoms with E-state index in [1.165, 1.54) is 31.2 Å². The molecule has 1 aliphatic carbocycles. The van der Waals surface area contributed by atoms with E-state index >= 15 is 0 Å². The summed E-state index contributed by atoms with van der Waals surface area (Å²) in [7, 11) is 0. The van der Waals surface area contributed by atoms with Gasteiger partial charge in [-0.3, -0.25) is 9.69 Å². The molecule has 2 fully saturated rings. The lowest BCUT2D eigenvalue weighted by molar-refractivity contribution is 0.0615. The van der Waals surface area contributed by atoms with Crippen LogP contribution >= 0.6 is 0 Å². The summed E-state index contributed by atoms with van der Waals surface area (Å²) in [4.78, 5) is 21.5. The zero-order valence-corrected chi connectivity index (χ0v) is 16.1. The number of aryl methyl sites for hydroxylation is 1. The second-order valence-electron chi connectivity index (χ2n) is 7.65. The molecule has 2 heterocycles. The third kappa shape index (κ3) is 4.21. The molecule has 1 aromatic heterocycles. The highest BCUT2D eigenvalue weighted by Crippen LogP contribution is 2.32. The van der Waals surface area contributed by atoms with E-state index in [9.17, 15) is 4.79 Å². The van der Waals surface area contributed by atoms with Crippen molar-refractivity contribution in [1.29, 1.82) is 0 Å². The Morgan fingerprint density at radius 2 is 1.81 bits per heavy atom. The molecule has 1 aromatic carbocycles. The SMILES string of the molecule is CCc1ccc(C(=O)N2CCN(Cc3nc(C4CCCC4)no3)CC2)cc1. The van der Waals surface area contributed by atoms with E-state index in [-0.39, 0.29) is 5.91 Å². The number of aromatic nitrogens is 2. The Morgan fingerprint density at radius 3 is 2.48 bits per heavy atom. The molecule has 27 heavy (non-hydrogen) atoms. The van der Waals surface area contributed by atoms with Gasteiger partial charge in [0.1, 0.15) is 0 Å². The molecular formula is C21H28N4O2. The number of rotatable bonds is 5. The standard InChI is InChI=1S/C21H28N4O2/c1-2-16-7-9-18(10-8-16)21(26)25-13-11-24(12-14-25)15-19-22-20(23-27-19)17-5-3-4-6-17/h7-10,17H,2-6,11-15H2,1H3. The first kappa shape index (κ1) is 18.2. The molecule has 1 saturated carbocycles. The summed E-state index contributed by atoms with van der Waals surface area (Å²) in [5.41, 5.74) is 2.03. The monoisotopic (exact) mass is 368 g/mol. The fraction of sp³-hybridized carbons (Fsp3) is 0.571. The van der Waals surface area contributed by atoms with Crippen molar-refractivity contribution in [3.05, 3.63) is 47.1 Å². The van der Waals surface area contributed by atoms with E-state index in [0.717, 1.165) is 44.0 Å². The fourth-order valence-corrected chi connectivity index (χ4v) is 4.05. The first-order chi connectivity index (χ1) is 13.2. The van der Waals surface area contributed by atoms with E-state index in [1.807, 2.05) is 29.2 Å². The van der Waals surface area contributed by atoms with Crippen molar-refractivity contribution >= 4 is 5.91 Å². The van der Waals surface area contributed by atoms with Gasteiger partial charge in [0.25, 0.3) is 5.91 Å². The highest BCUT2D eigenvalue weighted by atomic mass is 16.5. The maximum absolute atomic E-state index is 12.7. The Bertz CT molecular complexity index is 757. The molecule has 0 spiro atoms. The molecule has 1 amide bonds. The number of nitrogens with zero attached hydrogens (tertiary/aromatic N) is 4. The molecule has 2 aromatic rings. The van der Waals surface area contributed by atoms with Crippen molar-refractivity contribution in [2.75, 3.05) is 26.2 Å². The first-order valence-electron chi connectivity index (χ1n) is 10.2. The average Bonchev–Trinajstić information content (AvgIpc) is 3.40. The topological polar surface area (TPSA) is 62.5 Å². The predicted octanol–water partition coefficient (Wildman–Crippen LogP) is 3.25.